The number of rotatable bonds is 8. The Kier molecular flexibility index (Phi) is 9.17. The highest BCUT2D eigenvalue weighted by molar-refractivity contribution is 6.33. The number of aliphatic imine (C=N–C) groups is 1. The molecule has 0 saturated carbocycles. The smallest absolute Gasteiger partial charge is 0.303 e. The standard InChI is InChI=1S/C24H29Cl2N5O4/c25-18-11-16(7-8-21(33)34)13-24(26,14-18)30-20(32)15-28-22(35)17-5-4-6-19(12-17)29-23(27)31-9-2-1-3-10-31/h4-6,11-12,14H,1-3,7-10,13,15H2,(H2,27,29)(H,28,35)(H,30,32)(H,33,34). The maximum atomic E-state index is 12.6. The Bertz CT molecular complexity index is 1070. The van der Waals surface area contributed by atoms with Crippen molar-refractivity contribution in [3.05, 3.63) is 52.6 Å². The van der Waals surface area contributed by atoms with Gasteiger partial charge in [-0.15, -0.1) is 0 Å². The predicted molar refractivity (Wildman–Crippen MR) is 136 cm³/mol. The SMILES string of the molecule is NC(=Nc1cccc(C(=O)NCC(=O)NC2(Cl)C=C(Cl)C=C(CCC(=O)O)C2)c1)N1CCCCC1. The number of piperidine rings is 1. The van der Waals surface area contributed by atoms with Crippen molar-refractivity contribution in [1.29, 1.82) is 0 Å². The van der Waals surface area contributed by atoms with Gasteiger partial charge >= 0.3 is 5.97 Å². The van der Waals surface area contributed by atoms with Crippen molar-refractivity contribution in [2.24, 2.45) is 10.7 Å². The first-order valence-electron chi connectivity index (χ1n) is 11.4. The molecular formula is C24H29Cl2N5O4. The van der Waals surface area contributed by atoms with Crippen molar-refractivity contribution < 1.29 is 19.5 Å². The number of amides is 2. The lowest BCUT2D eigenvalue weighted by atomic mass is 9.96. The molecule has 3 rings (SSSR count). The van der Waals surface area contributed by atoms with Crippen LogP contribution in [0.25, 0.3) is 0 Å². The second kappa shape index (κ2) is 12.1. The van der Waals surface area contributed by atoms with E-state index in [0.29, 0.717) is 27.8 Å². The third-order valence-corrected chi connectivity index (χ3v) is 6.20. The zero-order valence-corrected chi connectivity index (χ0v) is 20.7. The van der Waals surface area contributed by atoms with Gasteiger partial charge < -0.3 is 26.4 Å². The Balaban J connectivity index is 1.55. The molecule has 1 fully saturated rings. The second-order valence-corrected chi connectivity index (χ2v) is 9.67. The van der Waals surface area contributed by atoms with E-state index >= 15 is 0 Å². The predicted octanol–water partition coefficient (Wildman–Crippen LogP) is 3.22. The minimum Gasteiger partial charge on any atom is -0.481 e. The van der Waals surface area contributed by atoms with Gasteiger partial charge in [0.05, 0.1) is 12.2 Å². The molecule has 2 aliphatic rings. The number of carbonyl (C=O) groups excluding carboxylic acids is 2. The summed E-state index contributed by atoms with van der Waals surface area (Å²) in [6.45, 7) is 1.42. The average Bonchev–Trinajstić information content (AvgIpc) is 2.81. The number of carbonyl (C=O) groups is 3. The Morgan fingerprint density at radius 2 is 1.94 bits per heavy atom. The summed E-state index contributed by atoms with van der Waals surface area (Å²) in [7, 11) is 0. The summed E-state index contributed by atoms with van der Waals surface area (Å²) in [6, 6.07) is 6.68. The number of aliphatic carboxylic acids is 1. The van der Waals surface area contributed by atoms with Gasteiger partial charge in [-0.1, -0.05) is 34.8 Å². The zero-order valence-electron chi connectivity index (χ0n) is 19.2. The first-order chi connectivity index (χ1) is 16.6. The van der Waals surface area contributed by atoms with Gasteiger partial charge in [0.2, 0.25) is 5.91 Å². The minimum absolute atomic E-state index is 0.0697. The number of hydrogen-bond donors (Lipinski definition) is 4. The zero-order chi connectivity index (χ0) is 25.4. The van der Waals surface area contributed by atoms with E-state index in [1.807, 2.05) is 4.90 Å². The monoisotopic (exact) mass is 521 g/mol. The summed E-state index contributed by atoms with van der Waals surface area (Å²) in [6.07, 6.45) is 6.86. The number of guanidine groups is 1. The van der Waals surface area contributed by atoms with Gasteiger partial charge in [-0.3, -0.25) is 14.4 Å². The van der Waals surface area contributed by atoms with Crippen molar-refractivity contribution in [1.82, 2.24) is 15.5 Å². The molecule has 9 nitrogen and oxygen atoms in total. The molecule has 0 spiro atoms. The Labute approximate surface area is 214 Å². The van der Waals surface area contributed by atoms with Crippen LogP contribution < -0.4 is 16.4 Å². The number of carboxylic acid groups (broad SMARTS) is 1. The van der Waals surface area contributed by atoms with Crippen LogP contribution in [0.2, 0.25) is 0 Å². The van der Waals surface area contributed by atoms with Crippen LogP contribution in [-0.4, -0.2) is 58.4 Å². The third-order valence-electron chi connectivity index (χ3n) is 5.64. The molecule has 0 aromatic heterocycles. The highest BCUT2D eigenvalue weighted by Gasteiger charge is 2.31. The fourth-order valence-corrected chi connectivity index (χ4v) is 4.77. The van der Waals surface area contributed by atoms with Crippen LogP contribution in [0.4, 0.5) is 5.69 Å². The molecule has 5 N–H and O–H groups in total. The Morgan fingerprint density at radius 3 is 2.66 bits per heavy atom. The van der Waals surface area contributed by atoms with E-state index in [1.54, 1.807) is 30.3 Å². The molecule has 1 saturated heterocycles. The van der Waals surface area contributed by atoms with Crippen molar-refractivity contribution in [2.75, 3.05) is 19.6 Å². The van der Waals surface area contributed by atoms with Gasteiger partial charge in [0.1, 0.15) is 5.00 Å². The van der Waals surface area contributed by atoms with E-state index in [9.17, 15) is 14.4 Å². The summed E-state index contributed by atoms with van der Waals surface area (Å²) in [4.78, 5) is 41.1. The molecule has 1 heterocycles. The first-order valence-corrected chi connectivity index (χ1v) is 12.2. The van der Waals surface area contributed by atoms with E-state index < -0.39 is 22.8 Å². The van der Waals surface area contributed by atoms with Crippen molar-refractivity contribution in [3.8, 4) is 0 Å². The summed E-state index contributed by atoms with van der Waals surface area (Å²) < 4.78 is 0. The summed E-state index contributed by atoms with van der Waals surface area (Å²) >= 11 is 12.6. The lowest BCUT2D eigenvalue weighted by Gasteiger charge is -2.29. The Morgan fingerprint density at radius 1 is 1.20 bits per heavy atom. The highest BCUT2D eigenvalue weighted by atomic mass is 35.5. The summed E-state index contributed by atoms with van der Waals surface area (Å²) in [5.41, 5.74) is 7.72. The van der Waals surface area contributed by atoms with Crippen LogP contribution >= 0.6 is 23.2 Å². The Hall–Kier alpha value is -3.04. The third kappa shape index (κ3) is 8.29. The van der Waals surface area contributed by atoms with Gasteiger partial charge in [-0.25, -0.2) is 4.99 Å². The molecule has 1 unspecified atom stereocenters. The van der Waals surface area contributed by atoms with Crippen LogP contribution in [0.15, 0.2) is 52.0 Å². The van der Waals surface area contributed by atoms with Crippen molar-refractivity contribution >= 4 is 52.6 Å². The van der Waals surface area contributed by atoms with Crippen LogP contribution in [0.3, 0.4) is 0 Å². The second-order valence-electron chi connectivity index (χ2n) is 8.56. The maximum absolute atomic E-state index is 12.6. The van der Waals surface area contributed by atoms with E-state index in [0.717, 1.165) is 25.9 Å². The fourth-order valence-electron chi connectivity index (χ4n) is 3.98. The molecule has 0 bridgehead atoms. The summed E-state index contributed by atoms with van der Waals surface area (Å²) in [5, 5.41) is 14.4. The number of allylic oxidation sites excluding steroid dienone is 2. The number of nitrogens with two attached hydrogens (primary N) is 1. The largest absolute Gasteiger partial charge is 0.481 e. The van der Waals surface area contributed by atoms with Gasteiger partial charge in [-0.2, -0.15) is 0 Å². The quantitative estimate of drug-likeness (QED) is 0.179. The number of nitrogens with zero attached hydrogens (tertiary/aromatic N) is 2. The summed E-state index contributed by atoms with van der Waals surface area (Å²) in [5.74, 6) is -1.48. The minimum atomic E-state index is -1.30. The molecule has 1 aliphatic carbocycles. The lowest BCUT2D eigenvalue weighted by Crippen LogP contribution is -2.47. The average molecular weight is 522 g/mol. The van der Waals surface area contributed by atoms with Crippen molar-refractivity contribution in [3.63, 3.8) is 0 Å². The molecule has 2 amide bonds. The molecule has 1 atom stereocenters. The molecule has 1 aromatic carbocycles. The number of likely N-dealkylation sites (tertiary alicyclic amines) is 1. The maximum Gasteiger partial charge on any atom is 0.303 e. The van der Waals surface area contributed by atoms with Gasteiger partial charge in [0.25, 0.3) is 5.91 Å². The molecule has 1 aliphatic heterocycles. The highest BCUT2D eigenvalue weighted by Crippen LogP contribution is 2.33. The van der Waals surface area contributed by atoms with Crippen LogP contribution in [0.1, 0.15) is 48.9 Å². The topological polar surface area (TPSA) is 137 Å². The number of halogens is 2. The molecule has 1 aromatic rings. The van der Waals surface area contributed by atoms with Crippen molar-refractivity contribution in [2.45, 2.75) is 43.5 Å². The number of alkyl halides is 1. The number of hydrogen-bond acceptors (Lipinski definition) is 4. The molecular weight excluding hydrogens is 493 g/mol. The molecule has 35 heavy (non-hydrogen) atoms. The number of nitrogens with one attached hydrogen (secondary N) is 2. The van der Waals surface area contributed by atoms with Crippen LogP contribution in [-0.2, 0) is 9.59 Å². The molecule has 11 heteroatoms. The molecule has 188 valence electrons. The van der Waals surface area contributed by atoms with Gasteiger partial charge in [-0.05, 0) is 56.0 Å². The molecule has 0 radical (unpaired) electrons. The van der Waals surface area contributed by atoms with Crippen LogP contribution in [0, 0.1) is 0 Å². The first kappa shape index (κ1) is 26.6. The fraction of sp³-hybridized carbons (Fsp3) is 0.417. The van der Waals surface area contributed by atoms with Gasteiger partial charge in [0.15, 0.2) is 5.96 Å². The van der Waals surface area contributed by atoms with Crippen LogP contribution in [0.5, 0.6) is 0 Å². The van der Waals surface area contributed by atoms with E-state index in [4.69, 9.17) is 34.0 Å². The van der Waals surface area contributed by atoms with E-state index in [1.165, 1.54) is 12.5 Å². The normalized spacial score (nSPS) is 20.5. The lowest BCUT2D eigenvalue weighted by molar-refractivity contribution is -0.137. The van der Waals surface area contributed by atoms with E-state index in [2.05, 4.69) is 15.6 Å². The van der Waals surface area contributed by atoms with Gasteiger partial charge in [0, 0.05) is 36.5 Å². The van der Waals surface area contributed by atoms with E-state index in [-0.39, 0.29) is 25.8 Å². The number of benzene rings is 1. The number of carboxylic acids is 1.